The quantitative estimate of drug-likeness (QED) is 0.858. The third-order valence-electron chi connectivity index (χ3n) is 3.92. The first-order valence-corrected chi connectivity index (χ1v) is 6.77. The Morgan fingerprint density at radius 1 is 1.11 bits per heavy atom. The van der Waals surface area contributed by atoms with Gasteiger partial charge >= 0.3 is 0 Å². The molecule has 108 valence electrons. The molecule has 3 heteroatoms. The second-order valence-corrected chi connectivity index (χ2v) is 5.89. The molecule has 0 saturated carbocycles. The minimum absolute atomic E-state index is 0.150. The molecule has 0 aliphatic heterocycles. The van der Waals surface area contributed by atoms with Gasteiger partial charge in [0.15, 0.2) is 0 Å². The van der Waals surface area contributed by atoms with Crippen LogP contribution in [0.2, 0.25) is 0 Å². The Hall–Kier alpha value is -1.22. The van der Waals surface area contributed by atoms with Gasteiger partial charge in [-0.3, -0.25) is 0 Å². The van der Waals surface area contributed by atoms with E-state index in [0.29, 0.717) is 6.54 Å². The van der Waals surface area contributed by atoms with Gasteiger partial charge in [-0.25, -0.2) is 0 Å². The maximum absolute atomic E-state index is 5.80. The van der Waals surface area contributed by atoms with Gasteiger partial charge in [-0.1, -0.05) is 13.8 Å². The molecular weight excluding hydrogens is 238 g/mol. The maximum atomic E-state index is 5.80. The number of nitrogens with two attached hydrogens (primary N) is 1. The maximum Gasteiger partial charge on any atom is 0.125 e. The van der Waals surface area contributed by atoms with Gasteiger partial charge in [0.2, 0.25) is 0 Å². The monoisotopic (exact) mass is 265 g/mol. The lowest BCUT2D eigenvalue weighted by atomic mass is 9.85. The second kappa shape index (κ2) is 6.29. The molecule has 19 heavy (non-hydrogen) atoms. The van der Waals surface area contributed by atoms with Crippen LogP contribution in [0, 0.1) is 19.3 Å². The van der Waals surface area contributed by atoms with Crippen LogP contribution in [-0.2, 0) is 6.42 Å². The Labute approximate surface area is 117 Å². The standard InChI is InChI=1S/C16H27NO2/c1-11-12(2)15(19-6)13(9-14(11)18-5)7-8-16(3,4)10-17/h9H,7-8,10,17H2,1-6H3. The molecule has 1 rings (SSSR count). The molecule has 0 saturated heterocycles. The highest BCUT2D eigenvalue weighted by atomic mass is 16.5. The van der Waals surface area contributed by atoms with Crippen molar-refractivity contribution in [2.24, 2.45) is 11.1 Å². The van der Waals surface area contributed by atoms with Crippen molar-refractivity contribution in [2.75, 3.05) is 20.8 Å². The summed E-state index contributed by atoms with van der Waals surface area (Å²) in [5.74, 6) is 1.91. The smallest absolute Gasteiger partial charge is 0.125 e. The molecular formula is C16H27NO2. The van der Waals surface area contributed by atoms with E-state index >= 15 is 0 Å². The van der Waals surface area contributed by atoms with Crippen LogP contribution in [0.15, 0.2) is 6.07 Å². The van der Waals surface area contributed by atoms with E-state index in [1.807, 2.05) is 0 Å². The summed E-state index contributed by atoms with van der Waals surface area (Å²) in [5, 5.41) is 0. The van der Waals surface area contributed by atoms with E-state index in [9.17, 15) is 0 Å². The minimum atomic E-state index is 0.150. The first-order chi connectivity index (χ1) is 8.86. The zero-order valence-corrected chi connectivity index (χ0v) is 13.1. The molecule has 2 N–H and O–H groups in total. The first kappa shape index (κ1) is 15.8. The van der Waals surface area contributed by atoms with E-state index in [1.165, 1.54) is 5.56 Å². The fourth-order valence-electron chi connectivity index (χ4n) is 2.19. The Morgan fingerprint density at radius 2 is 1.74 bits per heavy atom. The Kier molecular flexibility index (Phi) is 5.24. The fraction of sp³-hybridized carbons (Fsp3) is 0.625. The number of ether oxygens (including phenoxy) is 2. The van der Waals surface area contributed by atoms with Gasteiger partial charge in [-0.15, -0.1) is 0 Å². The summed E-state index contributed by atoms with van der Waals surface area (Å²) in [5.41, 5.74) is 9.44. The molecule has 1 aromatic carbocycles. The number of benzene rings is 1. The zero-order chi connectivity index (χ0) is 14.6. The zero-order valence-electron chi connectivity index (χ0n) is 13.1. The molecule has 3 nitrogen and oxygen atoms in total. The lowest BCUT2D eigenvalue weighted by molar-refractivity contribution is 0.341. The first-order valence-electron chi connectivity index (χ1n) is 6.77. The van der Waals surface area contributed by atoms with Crippen molar-refractivity contribution >= 4 is 0 Å². The second-order valence-electron chi connectivity index (χ2n) is 5.89. The van der Waals surface area contributed by atoms with Gasteiger partial charge in [-0.05, 0) is 61.4 Å². The number of aryl methyl sites for hydroxylation is 1. The number of hydrogen-bond donors (Lipinski definition) is 1. The molecule has 0 aliphatic carbocycles. The number of rotatable bonds is 6. The van der Waals surface area contributed by atoms with E-state index < -0.39 is 0 Å². The number of hydrogen-bond acceptors (Lipinski definition) is 3. The third-order valence-corrected chi connectivity index (χ3v) is 3.92. The third kappa shape index (κ3) is 3.63. The van der Waals surface area contributed by atoms with Crippen LogP contribution < -0.4 is 15.2 Å². The molecule has 0 amide bonds. The average molecular weight is 265 g/mol. The minimum Gasteiger partial charge on any atom is -0.496 e. The predicted octanol–water partition coefficient (Wildman–Crippen LogP) is 3.24. The van der Waals surface area contributed by atoms with Crippen molar-refractivity contribution in [2.45, 2.75) is 40.5 Å². The summed E-state index contributed by atoms with van der Waals surface area (Å²) < 4.78 is 11.0. The largest absolute Gasteiger partial charge is 0.496 e. The number of methoxy groups -OCH3 is 2. The molecule has 0 aliphatic rings. The highest BCUT2D eigenvalue weighted by Gasteiger charge is 2.19. The topological polar surface area (TPSA) is 44.5 Å². The van der Waals surface area contributed by atoms with E-state index in [4.69, 9.17) is 15.2 Å². The molecule has 0 heterocycles. The normalized spacial score (nSPS) is 11.5. The fourth-order valence-corrected chi connectivity index (χ4v) is 2.19. The van der Waals surface area contributed by atoms with Crippen LogP contribution in [0.3, 0.4) is 0 Å². The molecule has 0 aromatic heterocycles. The van der Waals surface area contributed by atoms with Crippen LogP contribution >= 0.6 is 0 Å². The SMILES string of the molecule is COc1cc(CCC(C)(C)CN)c(OC)c(C)c1C. The molecule has 0 radical (unpaired) electrons. The van der Waals surface area contributed by atoms with Gasteiger partial charge in [-0.2, -0.15) is 0 Å². The average Bonchev–Trinajstić information content (AvgIpc) is 2.40. The van der Waals surface area contributed by atoms with E-state index in [-0.39, 0.29) is 5.41 Å². The molecule has 0 spiro atoms. The van der Waals surface area contributed by atoms with E-state index in [0.717, 1.165) is 35.5 Å². The lowest BCUT2D eigenvalue weighted by Crippen LogP contribution is -2.24. The summed E-state index contributed by atoms with van der Waals surface area (Å²) in [6.07, 6.45) is 1.98. The summed E-state index contributed by atoms with van der Waals surface area (Å²) >= 11 is 0. The van der Waals surface area contributed by atoms with Crippen LogP contribution in [-0.4, -0.2) is 20.8 Å². The Morgan fingerprint density at radius 3 is 2.21 bits per heavy atom. The van der Waals surface area contributed by atoms with Crippen molar-refractivity contribution in [3.63, 3.8) is 0 Å². The van der Waals surface area contributed by atoms with Crippen molar-refractivity contribution in [3.8, 4) is 11.5 Å². The molecule has 0 atom stereocenters. The summed E-state index contributed by atoms with van der Waals surface area (Å²) in [7, 11) is 3.44. The van der Waals surface area contributed by atoms with Gasteiger partial charge in [0, 0.05) is 0 Å². The molecule has 1 aromatic rings. The Balaban J connectivity index is 3.09. The van der Waals surface area contributed by atoms with Gasteiger partial charge in [0.05, 0.1) is 14.2 Å². The van der Waals surface area contributed by atoms with Crippen molar-refractivity contribution in [3.05, 3.63) is 22.8 Å². The highest BCUT2D eigenvalue weighted by molar-refractivity contribution is 5.52. The Bertz CT molecular complexity index is 439. The van der Waals surface area contributed by atoms with Crippen LogP contribution in [0.1, 0.15) is 37.0 Å². The predicted molar refractivity (Wildman–Crippen MR) is 80.2 cm³/mol. The summed E-state index contributed by atoms with van der Waals surface area (Å²) in [4.78, 5) is 0. The van der Waals surface area contributed by atoms with Crippen LogP contribution in [0.5, 0.6) is 11.5 Å². The van der Waals surface area contributed by atoms with Crippen molar-refractivity contribution in [1.82, 2.24) is 0 Å². The van der Waals surface area contributed by atoms with E-state index in [2.05, 4.69) is 33.8 Å². The molecule has 0 fully saturated rings. The van der Waals surface area contributed by atoms with Gasteiger partial charge < -0.3 is 15.2 Å². The van der Waals surface area contributed by atoms with Gasteiger partial charge in [0.25, 0.3) is 0 Å². The van der Waals surface area contributed by atoms with Crippen LogP contribution in [0.25, 0.3) is 0 Å². The van der Waals surface area contributed by atoms with Gasteiger partial charge in [0.1, 0.15) is 11.5 Å². The molecule has 0 unspecified atom stereocenters. The molecule has 0 bridgehead atoms. The van der Waals surface area contributed by atoms with Crippen molar-refractivity contribution in [1.29, 1.82) is 0 Å². The van der Waals surface area contributed by atoms with Crippen LogP contribution in [0.4, 0.5) is 0 Å². The van der Waals surface area contributed by atoms with E-state index in [1.54, 1.807) is 14.2 Å². The summed E-state index contributed by atoms with van der Waals surface area (Å²) in [6, 6.07) is 2.09. The summed E-state index contributed by atoms with van der Waals surface area (Å²) in [6.45, 7) is 9.21. The highest BCUT2D eigenvalue weighted by Crippen LogP contribution is 2.35. The lowest BCUT2D eigenvalue weighted by Gasteiger charge is -2.23. The van der Waals surface area contributed by atoms with Crippen molar-refractivity contribution < 1.29 is 9.47 Å².